The van der Waals surface area contributed by atoms with E-state index in [-0.39, 0.29) is 17.1 Å². The molecule has 10 radical (unpaired) electrons. The van der Waals surface area contributed by atoms with E-state index in [2.05, 4.69) is 16.5 Å². The van der Waals surface area contributed by atoms with E-state index < -0.39 is 0 Å². The van der Waals surface area contributed by atoms with Crippen molar-refractivity contribution in [3.8, 4) is 0 Å². The van der Waals surface area contributed by atoms with Crippen LogP contribution in [0.3, 0.4) is 0 Å². The summed E-state index contributed by atoms with van der Waals surface area (Å²) >= 11 is 0. The van der Waals surface area contributed by atoms with Crippen LogP contribution in [0.25, 0.3) is 0 Å². The Bertz CT molecular complexity index is 268. The standard InChI is InChI=1S/C12H17N2O.C5H5.Fe/c15-13-9-11-5-4-6-12(11)10-14-7-2-1-3-8-14;1-2-4-5-3-1;/h4-6,9,15H,1-3,7-8,10H2;1-5H;/q;;+2/b13-9+;;. The van der Waals surface area contributed by atoms with Crippen LogP contribution in [-0.4, -0.2) is 36.0 Å². The molecule has 2 saturated carbocycles. The molecule has 3 nitrogen and oxygen atoms in total. The van der Waals surface area contributed by atoms with E-state index in [0.717, 1.165) is 12.5 Å². The van der Waals surface area contributed by atoms with Crippen molar-refractivity contribution in [1.29, 1.82) is 0 Å². The first-order valence-electron chi connectivity index (χ1n) is 7.21. The molecule has 0 bridgehead atoms. The summed E-state index contributed by atoms with van der Waals surface area (Å²) in [6.07, 6.45) is 21.6. The third-order valence-electron chi connectivity index (χ3n) is 3.54. The van der Waals surface area contributed by atoms with Crippen LogP contribution >= 0.6 is 0 Å². The number of hydrogen-bond acceptors (Lipinski definition) is 3. The Kier molecular flexibility index (Phi) is 10.4. The van der Waals surface area contributed by atoms with Crippen molar-refractivity contribution in [3.05, 3.63) is 63.2 Å². The molecule has 1 saturated heterocycles. The van der Waals surface area contributed by atoms with Crippen LogP contribution in [0, 0.1) is 63.2 Å². The van der Waals surface area contributed by atoms with Crippen LogP contribution in [0.15, 0.2) is 5.16 Å². The molecule has 0 amide bonds. The quantitative estimate of drug-likeness (QED) is 0.375. The van der Waals surface area contributed by atoms with E-state index >= 15 is 0 Å². The molecule has 0 spiro atoms. The van der Waals surface area contributed by atoms with Crippen molar-refractivity contribution in [3.63, 3.8) is 0 Å². The molecule has 0 aromatic carbocycles. The van der Waals surface area contributed by atoms with Crippen molar-refractivity contribution < 1.29 is 22.3 Å². The molecule has 3 fully saturated rings. The summed E-state index contributed by atoms with van der Waals surface area (Å²) in [5.41, 5.74) is 0. The second-order valence-electron chi connectivity index (χ2n) is 5.05. The van der Waals surface area contributed by atoms with Gasteiger partial charge >= 0.3 is 17.1 Å². The smallest absolute Gasteiger partial charge is 0.411 e. The van der Waals surface area contributed by atoms with Crippen molar-refractivity contribution in [2.24, 2.45) is 5.16 Å². The van der Waals surface area contributed by atoms with Gasteiger partial charge in [-0.25, -0.2) is 0 Å². The molecule has 4 heteroatoms. The minimum absolute atomic E-state index is 0. The fourth-order valence-electron chi connectivity index (χ4n) is 2.48. The summed E-state index contributed by atoms with van der Waals surface area (Å²) in [4.78, 5) is 2.47. The van der Waals surface area contributed by atoms with Crippen LogP contribution in [0.1, 0.15) is 19.3 Å². The third-order valence-corrected chi connectivity index (χ3v) is 3.54. The minimum Gasteiger partial charge on any atom is -0.411 e. The molecule has 3 aliphatic rings. The Morgan fingerprint density at radius 2 is 1.57 bits per heavy atom. The number of hydrogen-bond donors (Lipinski definition) is 1. The van der Waals surface area contributed by atoms with E-state index in [1.165, 1.54) is 44.5 Å². The van der Waals surface area contributed by atoms with E-state index in [4.69, 9.17) is 5.21 Å². The first-order chi connectivity index (χ1) is 9.90. The number of piperidine rings is 1. The van der Waals surface area contributed by atoms with Gasteiger partial charge in [0.2, 0.25) is 0 Å². The molecule has 0 atom stereocenters. The second kappa shape index (κ2) is 11.5. The normalized spacial score (nSPS) is 24.8. The van der Waals surface area contributed by atoms with Gasteiger partial charge in [0.1, 0.15) is 0 Å². The summed E-state index contributed by atoms with van der Waals surface area (Å²) < 4.78 is 0. The van der Waals surface area contributed by atoms with Crippen LogP contribution < -0.4 is 0 Å². The van der Waals surface area contributed by atoms with Gasteiger partial charge in [-0.3, -0.25) is 0 Å². The van der Waals surface area contributed by atoms with Crippen LogP contribution in [-0.2, 0) is 17.1 Å². The van der Waals surface area contributed by atoms with E-state index in [1.54, 1.807) is 0 Å². The molecule has 0 aromatic rings. The Labute approximate surface area is 141 Å². The minimum atomic E-state index is 0. The zero-order valence-corrected chi connectivity index (χ0v) is 13.2. The van der Waals surface area contributed by atoms with E-state index in [9.17, 15) is 0 Å². The van der Waals surface area contributed by atoms with Crippen LogP contribution in [0.4, 0.5) is 0 Å². The van der Waals surface area contributed by atoms with Crippen LogP contribution in [0.2, 0.25) is 0 Å². The van der Waals surface area contributed by atoms with Gasteiger partial charge in [0.05, 0.1) is 6.21 Å². The van der Waals surface area contributed by atoms with Gasteiger partial charge in [0.25, 0.3) is 0 Å². The average molecular weight is 326 g/mol. The fourth-order valence-corrected chi connectivity index (χ4v) is 2.48. The first kappa shape index (κ1) is 19.0. The molecule has 1 N–H and O–H groups in total. The predicted molar refractivity (Wildman–Crippen MR) is 81.5 cm³/mol. The van der Waals surface area contributed by atoms with Gasteiger partial charge in [-0.2, -0.15) is 0 Å². The largest absolute Gasteiger partial charge is 2.00 e. The van der Waals surface area contributed by atoms with Crippen molar-refractivity contribution >= 4 is 6.21 Å². The summed E-state index contributed by atoms with van der Waals surface area (Å²) in [5, 5.41) is 11.6. The molecule has 2 aliphatic carbocycles. The van der Waals surface area contributed by atoms with Gasteiger partial charge in [-0.05, 0) is 77.3 Å². The van der Waals surface area contributed by atoms with Gasteiger partial charge in [-0.1, -0.05) is 6.42 Å². The number of rotatable bonds is 3. The topological polar surface area (TPSA) is 35.8 Å². The Hall–Kier alpha value is -0.0505. The summed E-state index contributed by atoms with van der Waals surface area (Å²) in [7, 11) is 0. The van der Waals surface area contributed by atoms with E-state index in [0.29, 0.717) is 0 Å². The molecule has 1 heterocycles. The maximum atomic E-state index is 8.52. The van der Waals surface area contributed by atoms with Gasteiger partial charge in [-0.15, -0.1) is 5.16 Å². The Balaban J connectivity index is 0.000000313. The molecule has 21 heavy (non-hydrogen) atoms. The molecule has 0 unspecified atom stereocenters. The molecule has 3 rings (SSSR count). The van der Waals surface area contributed by atoms with Gasteiger partial charge in [0.15, 0.2) is 0 Å². The summed E-state index contributed by atoms with van der Waals surface area (Å²) in [6.45, 7) is 3.37. The van der Waals surface area contributed by atoms with Gasteiger partial charge in [0, 0.05) is 18.4 Å². The maximum Gasteiger partial charge on any atom is 2.00 e. The molecular weight excluding hydrogens is 304 g/mol. The molecular formula is C17H22FeN2O+2. The number of nitrogens with zero attached hydrogens (tertiary/aromatic N) is 2. The number of likely N-dealkylation sites (tertiary alicyclic amines) is 1. The monoisotopic (exact) mass is 326 g/mol. The van der Waals surface area contributed by atoms with E-state index in [1.807, 2.05) is 44.9 Å². The SMILES string of the molecule is O/N=C/[C]1[CH][CH][CH][C]1CN1CCCCC1.[CH]1[CH][CH][CH][CH]1.[Fe+2]. The second-order valence-corrected chi connectivity index (χ2v) is 5.05. The molecule has 112 valence electrons. The first-order valence-corrected chi connectivity index (χ1v) is 7.21. The maximum absolute atomic E-state index is 8.52. The predicted octanol–water partition coefficient (Wildman–Crippen LogP) is 2.73. The number of oxime groups is 1. The Morgan fingerprint density at radius 3 is 2.14 bits per heavy atom. The van der Waals surface area contributed by atoms with Crippen molar-refractivity contribution in [2.75, 3.05) is 19.6 Å². The Morgan fingerprint density at radius 1 is 0.952 bits per heavy atom. The molecule has 0 aromatic heterocycles. The zero-order chi connectivity index (χ0) is 14.0. The zero-order valence-electron chi connectivity index (χ0n) is 12.1. The van der Waals surface area contributed by atoms with Crippen molar-refractivity contribution in [1.82, 2.24) is 4.90 Å². The van der Waals surface area contributed by atoms with Crippen LogP contribution in [0.5, 0.6) is 0 Å². The van der Waals surface area contributed by atoms with Crippen molar-refractivity contribution in [2.45, 2.75) is 19.3 Å². The average Bonchev–Trinajstić information content (AvgIpc) is 3.16. The molecule has 1 aliphatic heterocycles. The third kappa shape index (κ3) is 7.17. The summed E-state index contributed by atoms with van der Waals surface area (Å²) in [6, 6.07) is 0. The van der Waals surface area contributed by atoms with Gasteiger partial charge < -0.3 is 10.1 Å². The fraction of sp³-hybridized carbons (Fsp3) is 0.353. The summed E-state index contributed by atoms with van der Waals surface area (Å²) in [5.74, 6) is 2.29.